The molecule has 0 saturated carbocycles. The van der Waals surface area contributed by atoms with Crippen molar-refractivity contribution in [1.82, 2.24) is 4.31 Å². The Morgan fingerprint density at radius 1 is 1.38 bits per heavy atom. The van der Waals surface area contributed by atoms with Gasteiger partial charge in [0.05, 0.1) is 12.5 Å². The molecule has 0 N–H and O–H groups in total. The van der Waals surface area contributed by atoms with E-state index in [2.05, 4.69) is 0 Å². The van der Waals surface area contributed by atoms with Crippen molar-refractivity contribution < 1.29 is 13.2 Å². The van der Waals surface area contributed by atoms with Crippen LogP contribution in [-0.4, -0.2) is 18.6 Å². The number of hydrogen-bond donors (Lipinski definition) is 0. The minimum absolute atomic E-state index is 0.191. The Morgan fingerprint density at radius 2 is 2.00 bits per heavy atom. The maximum atomic E-state index is 11.2. The molecule has 4 nitrogen and oxygen atoms in total. The van der Waals surface area contributed by atoms with Crippen LogP contribution in [0.2, 0.25) is 0 Å². The van der Waals surface area contributed by atoms with Crippen molar-refractivity contribution >= 4 is 25.8 Å². The fourth-order valence-corrected chi connectivity index (χ4v) is 3.20. The van der Waals surface area contributed by atoms with Gasteiger partial charge in [-0.1, -0.05) is 24.3 Å². The Hall–Kier alpha value is -1.07. The number of hydrogen-bond acceptors (Lipinski definition) is 3. The van der Waals surface area contributed by atoms with E-state index in [1.165, 1.54) is 0 Å². The lowest BCUT2D eigenvalue weighted by Crippen LogP contribution is -2.48. The topological polar surface area (TPSA) is 54.5 Å². The van der Waals surface area contributed by atoms with Gasteiger partial charge in [0.2, 0.25) is 5.91 Å². The second-order valence-corrected chi connectivity index (χ2v) is 6.10. The molecule has 0 aromatic heterocycles. The zero-order chi connectivity index (χ0) is 11.9. The van der Waals surface area contributed by atoms with Crippen LogP contribution in [0.15, 0.2) is 24.3 Å². The molecule has 1 unspecified atom stereocenters. The van der Waals surface area contributed by atoms with Crippen LogP contribution in [0, 0.1) is 6.92 Å². The monoisotopic (exact) mass is 259 g/mol. The third kappa shape index (κ3) is 1.81. The smallest absolute Gasteiger partial charge is 0.274 e. The zero-order valence-corrected chi connectivity index (χ0v) is 10.1. The first kappa shape index (κ1) is 11.4. The normalized spacial score (nSPS) is 20.8. The third-order valence-electron chi connectivity index (χ3n) is 2.68. The molecule has 1 amide bonds. The molecular weight excluding hydrogens is 250 g/mol. The number of halogens is 1. The van der Waals surface area contributed by atoms with Gasteiger partial charge >= 0.3 is 9.24 Å². The molecule has 1 aliphatic heterocycles. The third-order valence-corrected chi connectivity index (χ3v) is 4.05. The summed E-state index contributed by atoms with van der Waals surface area (Å²) in [5, 5.41) is 0. The van der Waals surface area contributed by atoms with Gasteiger partial charge in [-0.2, -0.15) is 8.42 Å². The van der Waals surface area contributed by atoms with E-state index >= 15 is 0 Å². The first-order valence-electron chi connectivity index (χ1n) is 4.73. The minimum atomic E-state index is -3.97. The Labute approximate surface area is 98.4 Å². The molecule has 0 bridgehead atoms. The molecule has 16 heavy (non-hydrogen) atoms. The van der Waals surface area contributed by atoms with E-state index in [1.54, 1.807) is 0 Å². The van der Waals surface area contributed by atoms with Crippen molar-refractivity contribution in [2.24, 2.45) is 0 Å². The van der Waals surface area contributed by atoms with Gasteiger partial charge in [0, 0.05) is 10.7 Å². The van der Waals surface area contributed by atoms with Crippen molar-refractivity contribution in [3.8, 4) is 0 Å². The fraction of sp³-hybridized carbons (Fsp3) is 0.300. The number of amides is 1. The summed E-state index contributed by atoms with van der Waals surface area (Å²) >= 11 is 0. The number of rotatable bonds is 2. The number of benzene rings is 1. The fourth-order valence-electron chi connectivity index (χ4n) is 1.87. The van der Waals surface area contributed by atoms with Crippen LogP contribution >= 0.6 is 10.7 Å². The van der Waals surface area contributed by atoms with E-state index in [-0.39, 0.29) is 6.42 Å². The van der Waals surface area contributed by atoms with Crippen molar-refractivity contribution in [2.75, 3.05) is 0 Å². The summed E-state index contributed by atoms with van der Waals surface area (Å²) < 4.78 is 23.1. The van der Waals surface area contributed by atoms with Crippen LogP contribution in [0.1, 0.15) is 23.6 Å². The van der Waals surface area contributed by atoms with Crippen LogP contribution < -0.4 is 0 Å². The lowest BCUT2D eigenvalue weighted by atomic mass is 9.93. The van der Waals surface area contributed by atoms with E-state index in [9.17, 15) is 13.2 Å². The average Bonchev–Trinajstić information content (AvgIpc) is 2.12. The van der Waals surface area contributed by atoms with Gasteiger partial charge < -0.3 is 0 Å². The number of carbonyl (C=O) groups excluding carboxylic acids is 1. The molecule has 1 aromatic carbocycles. The quantitative estimate of drug-likeness (QED) is 0.601. The highest BCUT2D eigenvalue weighted by Gasteiger charge is 2.44. The molecule has 0 aliphatic carbocycles. The second kappa shape index (κ2) is 3.75. The van der Waals surface area contributed by atoms with Crippen LogP contribution in [0.5, 0.6) is 0 Å². The summed E-state index contributed by atoms with van der Waals surface area (Å²) in [6.07, 6.45) is 0.191. The van der Waals surface area contributed by atoms with Crippen molar-refractivity contribution in [1.29, 1.82) is 0 Å². The van der Waals surface area contributed by atoms with Gasteiger partial charge in [-0.3, -0.25) is 4.79 Å². The first-order chi connectivity index (χ1) is 7.41. The van der Waals surface area contributed by atoms with Crippen molar-refractivity contribution in [2.45, 2.75) is 19.4 Å². The van der Waals surface area contributed by atoms with Gasteiger partial charge in [0.1, 0.15) is 0 Å². The molecule has 0 spiro atoms. The van der Waals surface area contributed by atoms with E-state index in [0.717, 1.165) is 15.4 Å². The summed E-state index contributed by atoms with van der Waals surface area (Å²) in [4.78, 5) is 11.2. The Morgan fingerprint density at radius 3 is 2.50 bits per heavy atom. The van der Waals surface area contributed by atoms with Crippen LogP contribution in [0.3, 0.4) is 0 Å². The summed E-state index contributed by atoms with van der Waals surface area (Å²) in [5.41, 5.74) is 1.77. The highest BCUT2D eigenvalue weighted by atomic mass is 35.7. The van der Waals surface area contributed by atoms with Crippen LogP contribution in [-0.2, 0) is 14.0 Å². The molecule has 86 valence electrons. The molecule has 1 saturated heterocycles. The predicted molar refractivity (Wildman–Crippen MR) is 60.2 cm³/mol. The summed E-state index contributed by atoms with van der Waals surface area (Å²) in [5.74, 6) is -0.455. The highest BCUT2D eigenvalue weighted by molar-refractivity contribution is 8.12. The Kier molecular flexibility index (Phi) is 2.67. The molecule has 6 heteroatoms. The Balaban J connectivity index is 2.38. The number of carbonyl (C=O) groups is 1. The molecule has 1 atom stereocenters. The zero-order valence-electron chi connectivity index (χ0n) is 8.55. The predicted octanol–water partition coefficient (Wildman–Crippen LogP) is 1.75. The summed E-state index contributed by atoms with van der Waals surface area (Å²) in [6, 6.07) is 6.90. The van der Waals surface area contributed by atoms with Gasteiger partial charge in [0.25, 0.3) is 0 Å². The number of nitrogens with zero attached hydrogens (tertiary/aromatic N) is 1. The van der Waals surface area contributed by atoms with E-state index < -0.39 is 21.2 Å². The molecule has 1 aromatic rings. The second-order valence-electron chi connectivity index (χ2n) is 3.71. The van der Waals surface area contributed by atoms with Gasteiger partial charge in [-0.25, -0.2) is 4.31 Å². The van der Waals surface area contributed by atoms with E-state index in [4.69, 9.17) is 10.7 Å². The Bertz CT molecular complexity index is 541. The van der Waals surface area contributed by atoms with Gasteiger partial charge in [0.15, 0.2) is 0 Å². The lowest BCUT2D eigenvalue weighted by Gasteiger charge is -2.37. The van der Waals surface area contributed by atoms with E-state index in [0.29, 0.717) is 0 Å². The SMILES string of the molecule is Cc1ccccc1C1CC(=O)N1S(=O)(=O)Cl. The van der Waals surface area contributed by atoms with Crippen LogP contribution in [0.4, 0.5) is 0 Å². The minimum Gasteiger partial charge on any atom is -0.274 e. The maximum absolute atomic E-state index is 11.2. The standard InChI is InChI=1S/C10H10ClNO3S/c1-7-4-2-3-5-8(7)9-6-10(13)12(9)16(11,14)15/h2-5,9H,6H2,1H3. The van der Waals surface area contributed by atoms with Crippen molar-refractivity contribution in [3.05, 3.63) is 35.4 Å². The summed E-state index contributed by atoms with van der Waals surface area (Å²) in [6.45, 7) is 1.87. The molecule has 2 rings (SSSR count). The lowest BCUT2D eigenvalue weighted by molar-refractivity contribution is -0.137. The highest BCUT2D eigenvalue weighted by Crippen LogP contribution is 2.39. The summed E-state index contributed by atoms with van der Waals surface area (Å²) in [7, 11) is 1.23. The number of β-lactam (4-membered cyclic amide) rings is 1. The molecule has 1 fully saturated rings. The van der Waals surface area contributed by atoms with Crippen molar-refractivity contribution in [3.63, 3.8) is 0 Å². The molecule has 0 radical (unpaired) electrons. The molecule has 1 heterocycles. The van der Waals surface area contributed by atoms with Gasteiger partial charge in [-0.15, -0.1) is 0 Å². The van der Waals surface area contributed by atoms with E-state index in [1.807, 2.05) is 31.2 Å². The van der Waals surface area contributed by atoms with Crippen LogP contribution in [0.25, 0.3) is 0 Å². The molecule has 1 aliphatic rings. The molecular formula is C10H10ClNO3S. The van der Waals surface area contributed by atoms with Gasteiger partial charge in [-0.05, 0) is 18.1 Å². The number of aryl methyl sites for hydroxylation is 1. The largest absolute Gasteiger partial charge is 0.324 e. The average molecular weight is 260 g/mol. The first-order valence-corrected chi connectivity index (χ1v) is 7.00. The maximum Gasteiger partial charge on any atom is 0.324 e.